The lowest BCUT2D eigenvalue weighted by Crippen LogP contribution is -2.61. The van der Waals surface area contributed by atoms with E-state index in [1.165, 1.54) is 0 Å². The van der Waals surface area contributed by atoms with Crippen LogP contribution in [-0.4, -0.2) is 31.3 Å². The van der Waals surface area contributed by atoms with Crippen LogP contribution >= 0.6 is 0 Å². The zero-order valence-corrected chi connectivity index (χ0v) is 10.0. The number of likely N-dealkylation sites (N-methyl/N-ethyl adjacent to an activating group) is 2. The van der Waals surface area contributed by atoms with Gasteiger partial charge in [0.1, 0.15) is 5.60 Å². The summed E-state index contributed by atoms with van der Waals surface area (Å²) in [5, 5.41) is 5.90. The monoisotopic (exact) mass is 202 g/mol. The molecule has 0 rings (SSSR count). The first kappa shape index (κ1) is 13.4. The fourth-order valence-electron chi connectivity index (χ4n) is 1.19. The molecule has 4 heteroatoms. The minimum Gasteiger partial charge on any atom is -0.458 e. The molecular formula is C10H22N2O2. The molecule has 0 spiro atoms. The van der Waals surface area contributed by atoms with E-state index in [9.17, 15) is 4.79 Å². The van der Waals surface area contributed by atoms with Gasteiger partial charge in [-0.1, -0.05) is 6.92 Å². The van der Waals surface area contributed by atoms with Gasteiger partial charge in [-0.3, -0.25) is 10.6 Å². The van der Waals surface area contributed by atoms with Crippen LogP contribution in [0.1, 0.15) is 34.1 Å². The highest BCUT2D eigenvalue weighted by Gasteiger charge is 2.37. The van der Waals surface area contributed by atoms with Gasteiger partial charge in [-0.05, 0) is 41.3 Å². The van der Waals surface area contributed by atoms with Crippen LogP contribution in [0.15, 0.2) is 0 Å². The maximum atomic E-state index is 11.8. The van der Waals surface area contributed by atoms with Gasteiger partial charge in [0.25, 0.3) is 0 Å². The Balaban J connectivity index is 4.61. The van der Waals surface area contributed by atoms with Gasteiger partial charge in [-0.25, -0.2) is 4.79 Å². The number of hydrogen-bond donors (Lipinski definition) is 2. The van der Waals surface area contributed by atoms with E-state index in [2.05, 4.69) is 10.6 Å². The molecule has 84 valence electrons. The van der Waals surface area contributed by atoms with Gasteiger partial charge in [0.2, 0.25) is 0 Å². The molecule has 0 unspecified atom stereocenters. The van der Waals surface area contributed by atoms with Crippen LogP contribution in [0.2, 0.25) is 0 Å². The first-order chi connectivity index (χ1) is 6.31. The van der Waals surface area contributed by atoms with E-state index < -0.39 is 11.3 Å². The zero-order valence-electron chi connectivity index (χ0n) is 10.0. The Labute approximate surface area is 86.4 Å². The van der Waals surface area contributed by atoms with Crippen LogP contribution in [0.4, 0.5) is 0 Å². The van der Waals surface area contributed by atoms with Crippen LogP contribution in [0.3, 0.4) is 0 Å². The topological polar surface area (TPSA) is 50.4 Å². The molecule has 2 N–H and O–H groups in total. The quantitative estimate of drug-likeness (QED) is 0.525. The number of ether oxygens (including phenoxy) is 1. The first-order valence-electron chi connectivity index (χ1n) is 4.92. The number of hydrogen-bond acceptors (Lipinski definition) is 4. The molecule has 0 aliphatic carbocycles. The lowest BCUT2D eigenvalue weighted by molar-refractivity contribution is -0.164. The number of rotatable bonds is 4. The van der Waals surface area contributed by atoms with Crippen LogP contribution < -0.4 is 10.6 Å². The minimum absolute atomic E-state index is 0.266. The SMILES string of the molecule is CCC(NC)(NC)C(=O)OC(C)(C)C. The van der Waals surface area contributed by atoms with Crippen molar-refractivity contribution in [2.75, 3.05) is 14.1 Å². The predicted molar refractivity (Wildman–Crippen MR) is 57.0 cm³/mol. The zero-order chi connectivity index (χ0) is 11.4. The summed E-state index contributed by atoms with van der Waals surface area (Å²) >= 11 is 0. The van der Waals surface area contributed by atoms with Crippen molar-refractivity contribution >= 4 is 5.97 Å². The highest BCUT2D eigenvalue weighted by Crippen LogP contribution is 2.14. The number of esters is 1. The number of carbonyl (C=O) groups excluding carboxylic acids is 1. The Morgan fingerprint density at radius 3 is 1.86 bits per heavy atom. The van der Waals surface area contributed by atoms with Crippen molar-refractivity contribution in [2.24, 2.45) is 0 Å². The van der Waals surface area contributed by atoms with E-state index in [1.807, 2.05) is 27.7 Å². The van der Waals surface area contributed by atoms with Crippen molar-refractivity contribution in [3.8, 4) is 0 Å². The third-order valence-electron chi connectivity index (χ3n) is 2.13. The smallest absolute Gasteiger partial charge is 0.341 e. The van der Waals surface area contributed by atoms with Crippen molar-refractivity contribution < 1.29 is 9.53 Å². The minimum atomic E-state index is -0.771. The Morgan fingerprint density at radius 1 is 1.21 bits per heavy atom. The highest BCUT2D eigenvalue weighted by molar-refractivity contribution is 5.80. The van der Waals surface area contributed by atoms with E-state index in [1.54, 1.807) is 14.1 Å². The summed E-state index contributed by atoms with van der Waals surface area (Å²) in [6, 6.07) is 0. The second-order valence-corrected chi connectivity index (χ2v) is 4.26. The summed E-state index contributed by atoms with van der Waals surface area (Å²) in [4.78, 5) is 11.8. The molecule has 0 saturated heterocycles. The highest BCUT2D eigenvalue weighted by atomic mass is 16.6. The molecule has 0 bridgehead atoms. The van der Waals surface area contributed by atoms with Gasteiger partial charge in [-0.2, -0.15) is 0 Å². The first-order valence-corrected chi connectivity index (χ1v) is 4.92. The van der Waals surface area contributed by atoms with Crippen molar-refractivity contribution in [2.45, 2.75) is 45.4 Å². The number of carbonyl (C=O) groups is 1. The Kier molecular flexibility index (Phi) is 4.55. The van der Waals surface area contributed by atoms with Crippen molar-refractivity contribution in [3.63, 3.8) is 0 Å². The Bertz CT molecular complexity index is 185. The normalized spacial score (nSPS) is 12.7. The molecule has 0 aliphatic rings. The lowest BCUT2D eigenvalue weighted by Gasteiger charge is -2.32. The molecule has 14 heavy (non-hydrogen) atoms. The van der Waals surface area contributed by atoms with Crippen molar-refractivity contribution in [1.82, 2.24) is 10.6 Å². The predicted octanol–water partition coefficient (Wildman–Crippen LogP) is 0.873. The summed E-state index contributed by atoms with van der Waals surface area (Å²) in [6.07, 6.45) is 0.634. The molecule has 0 aliphatic heterocycles. The second-order valence-electron chi connectivity index (χ2n) is 4.26. The molecule has 0 atom stereocenters. The average Bonchev–Trinajstić information content (AvgIpc) is 2.05. The van der Waals surface area contributed by atoms with E-state index >= 15 is 0 Å². The number of nitrogens with one attached hydrogen (secondary N) is 2. The molecule has 0 saturated carbocycles. The fourth-order valence-corrected chi connectivity index (χ4v) is 1.19. The van der Waals surface area contributed by atoms with Gasteiger partial charge in [0.15, 0.2) is 5.66 Å². The fraction of sp³-hybridized carbons (Fsp3) is 0.900. The summed E-state index contributed by atoms with van der Waals surface area (Å²) in [5.41, 5.74) is -1.22. The average molecular weight is 202 g/mol. The molecule has 0 aromatic heterocycles. The molecule has 0 fully saturated rings. The van der Waals surface area contributed by atoms with Crippen molar-refractivity contribution in [1.29, 1.82) is 0 Å². The molecule has 0 heterocycles. The van der Waals surface area contributed by atoms with Gasteiger partial charge < -0.3 is 4.74 Å². The van der Waals surface area contributed by atoms with Gasteiger partial charge in [0.05, 0.1) is 0 Å². The van der Waals surface area contributed by atoms with E-state index in [0.29, 0.717) is 6.42 Å². The Morgan fingerprint density at radius 2 is 1.64 bits per heavy atom. The summed E-state index contributed by atoms with van der Waals surface area (Å²) in [7, 11) is 3.48. The molecule has 4 nitrogen and oxygen atoms in total. The third-order valence-corrected chi connectivity index (χ3v) is 2.13. The van der Waals surface area contributed by atoms with Crippen molar-refractivity contribution in [3.05, 3.63) is 0 Å². The van der Waals surface area contributed by atoms with Gasteiger partial charge >= 0.3 is 5.97 Å². The maximum Gasteiger partial charge on any atom is 0.341 e. The molecule has 0 radical (unpaired) electrons. The van der Waals surface area contributed by atoms with E-state index in [-0.39, 0.29) is 5.97 Å². The third kappa shape index (κ3) is 3.27. The lowest BCUT2D eigenvalue weighted by atomic mass is 10.1. The Hall–Kier alpha value is -0.610. The van der Waals surface area contributed by atoms with Crippen LogP contribution in [-0.2, 0) is 9.53 Å². The summed E-state index contributed by atoms with van der Waals surface area (Å²) < 4.78 is 5.31. The standard InChI is InChI=1S/C10H22N2O2/c1-7-10(11-5,12-6)8(13)14-9(2,3)4/h11-12H,7H2,1-6H3. The molecular weight excluding hydrogens is 180 g/mol. The maximum absolute atomic E-state index is 11.8. The summed E-state index contributed by atoms with van der Waals surface area (Å²) in [5.74, 6) is -0.266. The largest absolute Gasteiger partial charge is 0.458 e. The molecule has 0 aromatic rings. The molecule has 0 amide bonds. The van der Waals surface area contributed by atoms with E-state index in [4.69, 9.17) is 4.74 Å². The summed E-state index contributed by atoms with van der Waals surface area (Å²) in [6.45, 7) is 7.50. The van der Waals surface area contributed by atoms with Crippen LogP contribution in [0.25, 0.3) is 0 Å². The van der Waals surface area contributed by atoms with Crippen LogP contribution in [0, 0.1) is 0 Å². The second kappa shape index (κ2) is 4.75. The van der Waals surface area contributed by atoms with E-state index in [0.717, 1.165) is 0 Å². The van der Waals surface area contributed by atoms with Gasteiger partial charge in [-0.15, -0.1) is 0 Å². The van der Waals surface area contributed by atoms with Gasteiger partial charge in [0, 0.05) is 0 Å². The van der Waals surface area contributed by atoms with Crippen LogP contribution in [0.5, 0.6) is 0 Å². The molecule has 0 aromatic carbocycles.